The van der Waals surface area contributed by atoms with Crippen LogP contribution in [0, 0.1) is 11.3 Å². The van der Waals surface area contributed by atoms with E-state index in [2.05, 4.69) is 26.1 Å². The smallest absolute Gasteiger partial charge is 0.124 e. The average Bonchev–Trinajstić information content (AvgIpc) is 2.60. The number of halogens is 1. The van der Waals surface area contributed by atoms with Crippen molar-refractivity contribution in [2.24, 2.45) is 11.3 Å². The van der Waals surface area contributed by atoms with Crippen LogP contribution in [0.15, 0.2) is 18.2 Å². The largest absolute Gasteiger partial charge is 0.496 e. The van der Waals surface area contributed by atoms with Gasteiger partial charge in [-0.2, -0.15) is 0 Å². The maximum absolute atomic E-state index is 6.27. The van der Waals surface area contributed by atoms with Crippen LogP contribution in [0.2, 0.25) is 5.02 Å². The van der Waals surface area contributed by atoms with E-state index < -0.39 is 0 Å². The molecule has 0 aliphatic heterocycles. The molecule has 1 fully saturated rings. The zero-order valence-electron chi connectivity index (χ0n) is 12.3. The molecule has 106 valence electrons. The van der Waals surface area contributed by atoms with E-state index in [9.17, 15) is 0 Å². The van der Waals surface area contributed by atoms with Crippen molar-refractivity contribution >= 4 is 11.6 Å². The highest BCUT2D eigenvalue weighted by molar-refractivity contribution is 6.31. The topological polar surface area (TPSA) is 21.3 Å². The molecular formula is C16H24ClNO. The summed E-state index contributed by atoms with van der Waals surface area (Å²) in [6, 6.07) is 6.37. The van der Waals surface area contributed by atoms with E-state index in [0.29, 0.717) is 17.4 Å². The third-order valence-corrected chi connectivity index (χ3v) is 4.52. The standard InChI is InChI=1S/C16H24ClNO/c1-11-8-16(2,3)9-14(11)18-10-12-13(17)6-5-7-15(12)19-4/h5-7,11,14,18H,8-10H2,1-4H3. The molecule has 1 aliphatic rings. The van der Waals surface area contributed by atoms with Crippen molar-refractivity contribution in [3.05, 3.63) is 28.8 Å². The lowest BCUT2D eigenvalue weighted by Crippen LogP contribution is -2.31. The number of rotatable bonds is 4. The lowest BCUT2D eigenvalue weighted by Gasteiger charge is -2.20. The molecule has 0 bridgehead atoms. The zero-order chi connectivity index (χ0) is 14.0. The Balaban J connectivity index is 2.04. The van der Waals surface area contributed by atoms with Crippen molar-refractivity contribution in [1.82, 2.24) is 5.32 Å². The van der Waals surface area contributed by atoms with E-state index >= 15 is 0 Å². The average molecular weight is 282 g/mol. The van der Waals surface area contributed by atoms with Crippen LogP contribution >= 0.6 is 11.6 Å². The molecule has 2 unspecified atom stereocenters. The Morgan fingerprint density at radius 3 is 2.68 bits per heavy atom. The second-order valence-corrected chi connectivity index (χ2v) is 6.86. The number of hydrogen-bond acceptors (Lipinski definition) is 2. The van der Waals surface area contributed by atoms with Crippen LogP contribution in [-0.2, 0) is 6.54 Å². The fraction of sp³-hybridized carbons (Fsp3) is 0.625. The van der Waals surface area contributed by atoms with Crippen LogP contribution in [-0.4, -0.2) is 13.2 Å². The fourth-order valence-electron chi connectivity index (χ4n) is 3.30. The van der Waals surface area contributed by atoms with Crippen LogP contribution in [0.5, 0.6) is 5.75 Å². The van der Waals surface area contributed by atoms with Gasteiger partial charge in [-0.15, -0.1) is 0 Å². The highest BCUT2D eigenvalue weighted by Gasteiger charge is 2.36. The molecule has 2 rings (SSSR count). The molecule has 0 spiro atoms. The van der Waals surface area contributed by atoms with Crippen molar-refractivity contribution in [3.8, 4) is 5.75 Å². The van der Waals surface area contributed by atoms with E-state index in [1.54, 1.807) is 7.11 Å². The third-order valence-electron chi connectivity index (χ3n) is 4.17. The summed E-state index contributed by atoms with van der Waals surface area (Å²) in [4.78, 5) is 0. The molecule has 1 N–H and O–H groups in total. The highest BCUT2D eigenvalue weighted by atomic mass is 35.5. The molecule has 0 saturated heterocycles. The van der Waals surface area contributed by atoms with Crippen molar-refractivity contribution in [3.63, 3.8) is 0 Å². The summed E-state index contributed by atoms with van der Waals surface area (Å²) < 4.78 is 5.38. The fourth-order valence-corrected chi connectivity index (χ4v) is 3.53. The number of methoxy groups -OCH3 is 1. The monoisotopic (exact) mass is 281 g/mol. The predicted molar refractivity (Wildman–Crippen MR) is 80.8 cm³/mol. The normalized spacial score (nSPS) is 25.5. The lowest BCUT2D eigenvalue weighted by atomic mass is 9.91. The first-order valence-corrected chi connectivity index (χ1v) is 7.35. The van der Waals surface area contributed by atoms with Gasteiger partial charge >= 0.3 is 0 Å². The van der Waals surface area contributed by atoms with Gasteiger partial charge in [-0.3, -0.25) is 0 Å². The Labute approximate surface area is 121 Å². The van der Waals surface area contributed by atoms with Gasteiger partial charge in [-0.25, -0.2) is 0 Å². The molecule has 1 aromatic carbocycles. The Kier molecular flexibility index (Phi) is 4.42. The van der Waals surface area contributed by atoms with E-state index in [1.807, 2.05) is 18.2 Å². The van der Waals surface area contributed by atoms with Crippen LogP contribution in [0.25, 0.3) is 0 Å². The maximum atomic E-state index is 6.27. The second-order valence-electron chi connectivity index (χ2n) is 6.46. The Morgan fingerprint density at radius 1 is 1.37 bits per heavy atom. The molecule has 2 atom stereocenters. The Morgan fingerprint density at radius 2 is 2.11 bits per heavy atom. The van der Waals surface area contributed by atoms with Gasteiger partial charge in [0.05, 0.1) is 7.11 Å². The molecule has 2 nitrogen and oxygen atoms in total. The summed E-state index contributed by atoms with van der Waals surface area (Å²) in [6.07, 6.45) is 2.51. The number of hydrogen-bond donors (Lipinski definition) is 1. The molecular weight excluding hydrogens is 258 g/mol. The van der Waals surface area contributed by atoms with Crippen molar-refractivity contribution in [1.29, 1.82) is 0 Å². The first-order chi connectivity index (χ1) is 8.93. The van der Waals surface area contributed by atoms with Gasteiger partial charge < -0.3 is 10.1 Å². The lowest BCUT2D eigenvalue weighted by molar-refractivity contribution is 0.361. The van der Waals surface area contributed by atoms with Crippen molar-refractivity contribution in [2.75, 3.05) is 7.11 Å². The minimum atomic E-state index is 0.446. The van der Waals surface area contributed by atoms with E-state index in [0.717, 1.165) is 22.9 Å². The molecule has 3 heteroatoms. The van der Waals surface area contributed by atoms with Crippen LogP contribution in [0.1, 0.15) is 39.2 Å². The SMILES string of the molecule is COc1cccc(Cl)c1CNC1CC(C)(C)CC1C. The summed E-state index contributed by atoms with van der Waals surface area (Å²) in [6.45, 7) is 7.80. The number of ether oxygens (including phenoxy) is 1. The van der Waals surface area contributed by atoms with E-state index in [4.69, 9.17) is 16.3 Å². The molecule has 1 aromatic rings. The van der Waals surface area contributed by atoms with Gasteiger partial charge in [-0.1, -0.05) is 38.4 Å². The van der Waals surface area contributed by atoms with Gasteiger partial charge in [0.1, 0.15) is 5.75 Å². The summed E-state index contributed by atoms with van der Waals surface area (Å²) in [7, 11) is 1.69. The molecule has 1 aliphatic carbocycles. The third kappa shape index (κ3) is 3.43. The zero-order valence-corrected chi connectivity index (χ0v) is 13.1. The maximum Gasteiger partial charge on any atom is 0.124 e. The Hall–Kier alpha value is -0.730. The van der Waals surface area contributed by atoms with Crippen molar-refractivity contribution < 1.29 is 4.74 Å². The number of nitrogens with one attached hydrogen (secondary N) is 1. The first kappa shape index (κ1) is 14.7. The quantitative estimate of drug-likeness (QED) is 0.890. The summed E-state index contributed by atoms with van der Waals surface area (Å²) >= 11 is 6.27. The molecule has 0 amide bonds. The Bertz CT molecular complexity index is 444. The number of benzene rings is 1. The minimum Gasteiger partial charge on any atom is -0.496 e. The molecule has 19 heavy (non-hydrogen) atoms. The van der Waals surface area contributed by atoms with Gasteiger partial charge in [0.2, 0.25) is 0 Å². The predicted octanol–water partition coefficient (Wildman–Crippen LogP) is 4.26. The minimum absolute atomic E-state index is 0.446. The molecule has 0 aromatic heterocycles. The first-order valence-electron chi connectivity index (χ1n) is 6.98. The van der Waals surface area contributed by atoms with Crippen LogP contribution in [0.4, 0.5) is 0 Å². The molecule has 0 heterocycles. The van der Waals surface area contributed by atoms with Gasteiger partial charge in [0.25, 0.3) is 0 Å². The summed E-state index contributed by atoms with van der Waals surface area (Å²) in [5, 5.41) is 4.43. The van der Waals surface area contributed by atoms with Crippen LogP contribution < -0.4 is 10.1 Å². The van der Waals surface area contributed by atoms with Gasteiger partial charge in [0.15, 0.2) is 0 Å². The van der Waals surface area contributed by atoms with E-state index in [1.165, 1.54) is 12.8 Å². The second kappa shape index (κ2) is 5.72. The van der Waals surface area contributed by atoms with E-state index in [-0.39, 0.29) is 0 Å². The van der Waals surface area contributed by atoms with Gasteiger partial charge in [-0.05, 0) is 36.3 Å². The molecule has 1 saturated carbocycles. The molecule has 0 radical (unpaired) electrons. The van der Waals surface area contributed by atoms with Gasteiger partial charge in [0, 0.05) is 23.2 Å². The summed E-state index contributed by atoms with van der Waals surface area (Å²) in [5.74, 6) is 1.58. The van der Waals surface area contributed by atoms with Crippen molar-refractivity contribution in [2.45, 2.75) is 46.2 Å². The summed E-state index contributed by atoms with van der Waals surface area (Å²) in [5.41, 5.74) is 1.50. The van der Waals surface area contributed by atoms with Crippen LogP contribution in [0.3, 0.4) is 0 Å². The highest BCUT2D eigenvalue weighted by Crippen LogP contribution is 2.41.